The van der Waals surface area contributed by atoms with Gasteiger partial charge in [0.15, 0.2) is 0 Å². The molecule has 0 aromatic heterocycles. The van der Waals surface area contributed by atoms with E-state index in [0.717, 1.165) is 6.42 Å². The van der Waals surface area contributed by atoms with E-state index in [0.29, 0.717) is 18.5 Å². The maximum Gasteiger partial charge on any atom is 0.241 e. The van der Waals surface area contributed by atoms with E-state index in [2.05, 4.69) is 4.72 Å². The molecule has 0 saturated heterocycles. The van der Waals surface area contributed by atoms with Gasteiger partial charge < -0.3 is 10.8 Å². The Morgan fingerprint density at radius 1 is 1.45 bits per heavy atom. The van der Waals surface area contributed by atoms with Crippen molar-refractivity contribution in [1.82, 2.24) is 4.72 Å². The molecule has 6 nitrogen and oxygen atoms in total. The van der Waals surface area contributed by atoms with Crippen LogP contribution >= 0.6 is 0 Å². The fraction of sp³-hybridized carbons (Fsp3) is 0.462. The summed E-state index contributed by atoms with van der Waals surface area (Å²) < 4.78 is 26.9. The van der Waals surface area contributed by atoms with Crippen molar-refractivity contribution in [3.8, 4) is 6.07 Å². The molecule has 1 fully saturated rings. The van der Waals surface area contributed by atoms with E-state index in [9.17, 15) is 13.5 Å². The monoisotopic (exact) mass is 295 g/mol. The van der Waals surface area contributed by atoms with Gasteiger partial charge in [0.1, 0.15) is 6.07 Å². The van der Waals surface area contributed by atoms with Crippen LogP contribution in [0.4, 0.5) is 5.69 Å². The summed E-state index contributed by atoms with van der Waals surface area (Å²) >= 11 is 0. The molecule has 2 atom stereocenters. The number of nitrogen functional groups attached to an aromatic ring is 1. The second kappa shape index (κ2) is 5.79. The van der Waals surface area contributed by atoms with E-state index >= 15 is 0 Å². The number of rotatable bonds is 4. The fourth-order valence-electron chi connectivity index (χ4n) is 2.41. The maximum absolute atomic E-state index is 12.2. The Labute approximate surface area is 118 Å². The number of anilines is 1. The molecule has 0 spiro atoms. The molecule has 1 aliphatic carbocycles. The number of hydrogen-bond acceptors (Lipinski definition) is 5. The zero-order valence-electron chi connectivity index (χ0n) is 10.9. The van der Waals surface area contributed by atoms with Gasteiger partial charge in [0.25, 0.3) is 0 Å². The lowest BCUT2D eigenvalue weighted by atomic mass is 10.1. The summed E-state index contributed by atoms with van der Waals surface area (Å²) in [5.41, 5.74) is 5.92. The highest BCUT2D eigenvalue weighted by molar-refractivity contribution is 7.89. The molecule has 7 heteroatoms. The summed E-state index contributed by atoms with van der Waals surface area (Å²) in [7, 11) is -3.73. The van der Waals surface area contributed by atoms with E-state index in [1.165, 1.54) is 18.2 Å². The molecule has 1 aromatic carbocycles. The molecule has 0 heterocycles. The van der Waals surface area contributed by atoms with Crippen molar-refractivity contribution < 1.29 is 13.5 Å². The van der Waals surface area contributed by atoms with Crippen LogP contribution < -0.4 is 10.5 Å². The van der Waals surface area contributed by atoms with Gasteiger partial charge in [-0.05, 0) is 43.4 Å². The van der Waals surface area contributed by atoms with Crippen molar-refractivity contribution in [1.29, 1.82) is 5.26 Å². The van der Waals surface area contributed by atoms with Crippen LogP contribution in [0.25, 0.3) is 0 Å². The topological polar surface area (TPSA) is 116 Å². The normalized spacial score (nSPS) is 22.6. The van der Waals surface area contributed by atoms with Crippen molar-refractivity contribution in [3.05, 3.63) is 23.8 Å². The average molecular weight is 295 g/mol. The summed E-state index contributed by atoms with van der Waals surface area (Å²) in [6, 6.07) is 5.97. The molecule has 108 valence electrons. The van der Waals surface area contributed by atoms with Crippen LogP contribution in [0.2, 0.25) is 0 Å². The van der Waals surface area contributed by atoms with E-state index in [4.69, 9.17) is 11.0 Å². The third-order valence-electron chi connectivity index (χ3n) is 3.49. The van der Waals surface area contributed by atoms with Crippen molar-refractivity contribution in [3.63, 3.8) is 0 Å². The van der Waals surface area contributed by atoms with Gasteiger partial charge >= 0.3 is 0 Å². The van der Waals surface area contributed by atoms with E-state index < -0.39 is 10.0 Å². The Morgan fingerprint density at radius 2 is 2.20 bits per heavy atom. The number of sulfonamides is 1. The van der Waals surface area contributed by atoms with Gasteiger partial charge in [-0.2, -0.15) is 5.26 Å². The van der Waals surface area contributed by atoms with Crippen molar-refractivity contribution in [2.24, 2.45) is 5.92 Å². The second-order valence-corrected chi connectivity index (χ2v) is 6.79. The number of nitrogens with two attached hydrogens (primary N) is 1. The van der Waals surface area contributed by atoms with Crippen LogP contribution in [-0.4, -0.2) is 26.2 Å². The van der Waals surface area contributed by atoms with Crippen LogP contribution in [0.15, 0.2) is 23.1 Å². The van der Waals surface area contributed by atoms with Crippen LogP contribution in [0.5, 0.6) is 0 Å². The molecule has 0 radical (unpaired) electrons. The summed E-state index contributed by atoms with van der Waals surface area (Å²) in [6.45, 7) is 0.272. The van der Waals surface area contributed by atoms with Crippen molar-refractivity contribution >= 4 is 15.7 Å². The van der Waals surface area contributed by atoms with Crippen LogP contribution in [0.1, 0.15) is 24.8 Å². The third-order valence-corrected chi connectivity index (χ3v) is 4.97. The summed E-state index contributed by atoms with van der Waals surface area (Å²) in [5, 5.41) is 18.4. The first-order chi connectivity index (χ1) is 9.42. The van der Waals surface area contributed by atoms with Crippen LogP contribution in [-0.2, 0) is 10.0 Å². The highest BCUT2D eigenvalue weighted by Crippen LogP contribution is 2.25. The van der Waals surface area contributed by atoms with Gasteiger partial charge in [-0.3, -0.25) is 0 Å². The highest BCUT2D eigenvalue weighted by atomic mass is 32.2. The van der Waals surface area contributed by atoms with Gasteiger partial charge in [-0.25, -0.2) is 13.1 Å². The molecule has 0 amide bonds. The molecular weight excluding hydrogens is 278 g/mol. The van der Waals surface area contributed by atoms with Crippen LogP contribution in [0, 0.1) is 17.2 Å². The number of benzene rings is 1. The number of nitrogens with zero attached hydrogens (tertiary/aromatic N) is 1. The minimum Gasteiger partial charge on any atom is -0.399 e. The number of hydrogen-bond donors (Lipinski definition) is 3. The predicted molar refractivity (Wildman–Crippen MR) is 74.1 cm³/mol. The number of nitriles is 1. The molecule has 4 N–H and O–H groups in total. The van der Waals surface area contributed by atoms with Gasteiger partial charge in [0.05, 0.1) is 16.6 Å². The first-order valence-electron chi connectivity index (χ1n) is 6.39. The highest BCUT2D eigenvalue weighted by Gasteiger charge is 2.25. The van der Waals surface area contributed by atoms with Gasteiger partial charge in [0.2, 0.25) is 10.0 Å². The fourth-order valence-corrected chi connectivity index (χ4v) is 3.66. The number of aliphatic hydroxyl groups is 1. The first-order valence-corrected chi connectivity index (χ1v) is 7.88. The Bertz CT molecular complexity index is 637. The number of nitrogens with one attached hydrogen (secondary N) is 1. The Balaban J connectivity index is 2.13. The SMILES string of the molecule is N#Cc1cc(N)ccc1S(=O)(=O)NCC1CCC(O)C1. The van der Waals surface area contributed by atoms with Gasteiger partial charge in [0, 0.05) is 12.2 Å². The molecule has 1 saturated carbocycles. The molecule has 1 aliphatic rings. The van der Waals surface area contributed by atoms with Gasteiger partial charge in [-0.15, -0.1) is 0 Å². The molecule has 1 aromatic rings. The molecule has 0 bridgehead atoms. The molecule has 2 rings (SSSR count). The minimum atomic E-state index is -3.73. The van der Waals surface area contributed by atoms with E-state index in [1.807, 2.05) is 6.07 Å². The molecule has 0 aliphatic heterocycles. The summed E-state index contributed by atoms with van der Waals surface area (Å²) in [5.74, 6) is 0.138. The molecule has 2 unspecified atom stereocenters. The maximum atomic E-state index is 12.2. The quantitative estimate of drug-likeness (QED) is 0.703. The second-order valence-electron chi connectivity index (χ2n) is 5.05. The lowest BCUT2D eigenvalue weighted by Crippen LogP contribution is -2.29. The predicted octanol–water partition coefficient (Wildman–Crippen LogP) is 0.580. The van der Waals surface area contributed by atoms with Gasteiger partial charge in [-0.1, -0.05) is 0 Å². The van der Waals surface area contributed by atoms with Crippen molar-refractivity contribution in [2.75, 3.05) is 12.3 Å². The Kier molecular flexibility index (Phi) is 4.28. The smallest absolute Gasteiger partial charge is 0.241 e. The Morgan fingerprint density at radius 3 is 2.80 bits per heavy atom. The minimum absolute atomic E-state index is 0.0314. The lowest BCUT2D eigenvalue weighted by Gasteiger charge is -2.12. The van der Waals surface area contributed by atoms with E-state index in [1.54, 1.807) is 0 Å². The first kappa shape index (κ1) is 14.8. The molecular formula is C13H17N3O3S. The molecule has 20 heavy (non-hydrogen) atoms. The van der Waals surface area contributed by atoms with E-state index in [-0.39, 0.29) is 29.0 Å². The van der Waals surface area contributed by atoms with Crippen LogP contribution in [0.3, 0.4) is 0 Å². The van der Waals surface area contributed by atoms with Crippen molar-refractivity contribution in [2.45, 2.75) is 30.3 Å². The largest absolute Gasteiger partial charge is 0.399 e. The third kappa shape index (κ3) is 3.28. The zero-order valence-corrected chi connectivity index (χ0v) is 11.7. The summed E-state index contributed by atoms with van der Waals surface area (Å²) in [6.07, 6.45) is 1.78. The zero-order chi connectivity index (χ0) is 14.8. The summed E-state index contributed by atoms with van der Waals surface area (Å²) in [4.78, 5) is -0.0623. The Hall–Kier alpha value is -1.62. The number of aliphatic hydroxyl groups excluding tert-OH is 1. The average Bonchev–Trinajstić information content (AvgIpc) is 2.82. The lowest BCUT2D eigenvalue weighted by molar-refractivity contribution is 0.178. The standard InChI is InChI=1S/C13H17N3O3S/c14-7-10-6-11(15)2-4-13(10)20(18,19)16-8-9-1-3-12(17)5-9/h2,4,6,9,12,16-17H,1,3,5,8,15H2.